The van der Waals surface area contributed by atoms with Gasteiger partial charge in [0.1, 0.15) is 0 Å². The second-order valence-corrected chi connectivity index (χ2v) is 5.41. The van der Waals surface area contributed by atoms with Gasteiger partial charge in [-0.25, -0.2) is 0 Å². The molecule has 0 radical (unpaired) electrons. The van der Waals surface area contributed by atoms with Gasteiger partial charge in [-0.05, 0) is 26.0 Å². The highest BCUT2D eigenvalue weighted by Gasteiger charge is 2.05. The summed E-state index contributed by atoms with van der Waals surface area (Å²) >= 11 is 0. The lowest BCUT2D eigenvalue weighted by Crippen LogP contribution is -2.21. The van der Waals surface area contributed by atoms with E-state index in [0.29, 0.717) is 0 Å². The van der Waals surface area contributed by atoms with Crippen LogP contribution < -0.4 is 0 Å². The molecule has 108 valence electrons. The summed E-state index contributed by atoms with van der Waals surface area (Å²) in [7, 11) is 2.07. The minimum absolute atomic E-state index is 0.238. The van der Waals surface area contributed by atoms with E-state index in [-0.39, 0.29) is 6.10 Å². The van der Waals surface area contributed by atoms with Crippen LogP contribution in [0, 0.1) is 0 Å². The summed E-state index contributed by atoms with van der Waals surface area (Å²) in [5, 5.41) is 13.7. The number of aliphatic hydroxyl groups excluding tert-OH is 1. The third kappa shape index (κ3) is 4.79. The van der Waals surface area contributed by atoms with Gasteiger partial charge in [0, 0.05) is 24.8 Å². The summed E-state index contributed by atoms with van der Waals surface area (Å²) in [4.78, 5) is 2.20. The normalized spacial score (nSPS) is 12.8. The van der Waals surface area contributed by atoms with Crippen LogP contribution in [0.3, 0.4) is 0 Å². The Hall–Kier alpha value is -1.65. The molecule has 0 aliphatic rings. The van der Waals surface area contributed by atoms with E-state index in [1.165, 1.54) is 11.1 Å². The number of aliphatic hydroxyl groups is 1. The third-order valence-electron chi connectivity index (χ3n) is 3.26. The number of hydrogen-bond acceptors (Lipinski definition) is 3. The van der Waals surface area contributed by atoms with Crippen LogP contribution >= 0.6 is 0 Å². The van der Waals surface area contributed by atoms with Crippen LogP contribution in [0.4, 0.5) is 0 Å². The maximum absolute atomic E-state index is 9.29. The Kier molecular flexibility index (Phi) is 5.32. The first-order valence-electron chi connectivity index (χ1n) is 7.05. The minimum Gasteiger partial charge on any atom is -0.393 e. The summed E-state index contributed by atoms with van der Waals surface area (Å²) in [6.07, 6.45) is 4.57. The van der Waals surface area contributed by atoms with Crippen LogP contribution in [0.2, 0.25) is 0 Å². The molecule has 20 heavy (non-hydrogen) atoms. The summed E-state index contributed by atoms with van der Waals surface area (Å²) < 4.78 is 1.97. The number of nitrogens with zero attached hydrogens (tertiary/aromatic N) is 3. The van der Waals surface area contributed by atoms with Gasteiger partial charge in [0.25, 0.3) is 0 Å². The van der Waals surface area contributed by atoms with E-state index in [9.17, 15) is 5.11 Å². The minimum atomic E-state index is -0.238. The van der Waals surface area contributed by atoms with Crippen LogP contribution in [0.15, 0.2) is 42.7 Å². The van der Waals surface area contributed by atoms with Crippen molar-refractivity contribution in [3.8, 4) is 0 Å². The maximum atomic E-state index is 9.29. The molecule has 1 aromatic heterocycles. The highest BCUT2D eigenvalue weighted by Crippen LogP contribution is 2.06. The zero-order chi connectivity index (χ0) is 14.4. The molecule has 1 aromatic carbocycles. The Morgan fingerprint density at radius 3 is 2.70 bits per heavy atom. The fourth-order valence-corrected chi connectivity index (χ4v) is 2.14. The van der Waals surface area contributed by atoms with Crippen LogP contribution in [-0.4, -0.2) is 39.5 Å². The van der Waals surface area contributed by atoms with Gasteiger partial charge in [-0.3, -0.25) is 4.68 Å². The lowest BCUT2D eigenvalue weighted by Gasteiger charge is -2.16. The van der Waals surface area contributed by atoms with Gasteiger partial charge in [-0.2, -0.15) is 5.10 Å². The standard InChI is InChI=1S/C16H23N3O/c1-14(20)8-9-18(2)11-16-10-17-19(13-16)12-15-6-4-3-5-7-15/h3-7,10,13-14,20H,8-9,11-12H2,1-2H3. The smallest absolute Gasteiger partial charge is 0.0659 e. The quantitative estimate of drug-likeness (QED) is 0.840. The molecule has 4 heteroatoms. The van der Waals surface area contributed by atoms with E-state index in [2.05, 4.69) is 35.4 Å². The number of benzene rings is 1. The fraction of sp³-hybridized carbons (Fsp3) is 0.438. The molecule has 0 aliphatic heterocycles. The largest absolute Gasteiger partial charge is 0.393 e. The Morgan fingerprint density at radius 2 is 2.00 bits per heavy atom. The highest BCUT2D eigenvalue weighted by atomic mass is 16.3. The van der Waals surface area contributed by atoms with Crippen molar-refractivity contribution in [1.82, 2.24) is 14.7 Å². The molecule has 0 saturated carbocycles. The summed E-state index contributed by atoms with van der Waals surface area (Å²) in [6, 6.07) is 10.3. The molecule has 2 rings (SSSR count). The molecule has 0 amide bonds. The summed E-state index contributed by atoms with van der Waals surface area (Å²) in [5.41, 5.74) is 2.46. The van der Waals surface area contributed by atoms with Crippen LogP contribution in [-0.2, 0) is 13.1 Å². The zero-order valence-corrected chi connectivity index (χ0v) is 12.2. The monoisotopic (exact) mass is 273 g/mol. The van der Waals surface area contributed by atoms with Gasteiger partial charge in [-0.1, -0.05) is 30.3 Å². The van der Waals surface area contributed by atoms with Crippen molar-refractivity contribution < 1.29 is 5.11 Å². The molecule has 0 aliphatic carbocycles. The lowest BCUT2D eigenvalue weighted by atomic mass is 10.2. The SMILES string of the molecule is CC(O)CCN(C)Cc1cnn(Cc2ccccc2)c1. The molecular weight excluding hydrogens is 250 g/mol. The molecule has 1 unspecified atom stereocenters. The van der Waals surface area contributed by atoms with E-state index >= 15 is 0 Å². The van der Waals surface area contributed by atoms with Crippen molar-refractivity contribution in [2.75, 3.05) is 13.6 Å². The first-order chi connectivity index (χ1) is 9.63. The maximum Gasteiger partial charge on any atom is 0.0659 e. The van der Waals surface area contributed by atoms with Gasteiger partial charge in [-0.15, -0.1) is 0 Å². The molecule has 1 heterocycles. The van der Waals surface area contributed by atoms with E-state index in [4.69, 9.17) is 0 Å². The van der Waals surface area contributed by atoms with E-state index in [1.54, 1.807) is 0 Å². The third-order valence-corrected chi connectivity index (χ3v) is 3.26. The molecule has 4 nitrogen and oxygen atoms in total. The van der Waals surface area contributed by atoms with Crippen molar-refractivity contribution in [2.24, 2.45) is 0 Å². The predicted molar refractivity (Wildman–Crippen MR) is 80.4 cm³/mol. The predicted octanol–water partition coefficient (Wildman–Crippen LogP) is 2.13. The molecule has 0 bridgehead atoms. The molecule has 1 atom stereocenters. The topological polar surface area (TPSA) is 41.3 Å². The fourth-order valence-electron chi connectivity index (χ4n) is 2.14. The van der Waals surface area contributed by atoms with Crippen LogP contribution in [0.25, 0.3) is 0 Å². The summed E-state index contributed by atoms with van der Waals surface area (Å²) in [5.74, 6) is 0. The first kappa shape index (κ1) is 14.8. The molecule has 0 spiro atoms. The molecule has 2 aromatic rings. The number of aromatic nitrogens is 2. The molecular formula is C16H23N3O. The van der Waals surface area contributed by atoms with Gasteiger partial charge >= 0.3 is 0 Å². The van der Waals surface area contributed by atoms with Crippen molar-refractivity contribution >= 4 is 0 Å². The Bertz CT molecular complexity index is 507. The Morgan fingerprint density at radius 1 is 1.25 bits per heavy atom. The zero-order valence-electron chi connectivity index (χ0n) is 12.2. The van der Waals surface area contributed by atoms with Gasteiger partial charge in [0.05, 0.1) is 18.8 Å². The Balaban J connectivity index is 1.86. The van der Waals surface area contributed by atoms with Crippen molar-refractivity contribution in [3.05, 3.63) is 53.9 Å². The molecule has 1 N–H and O–H groups in total. The van der Waals surface area contributed by atoms with Crippen molar-refractivity contribution in [1.29, 1.82) is 0 Å². The Labute approximate surface area is 120 Å². The van der Waals surface area contributed by atoms with Crippen LogP contribution in [0.5, 0.6) is 0 Å². The molecule has 0 saturated heterocycles. The van der Waals surface area contributed by atoms with E-state index in [0.717, 1.165) is 26.1 Å². The number of rotatable bonds is 7. The second-order valence-electron chi connectivity index (χ2n) is 5.41. The molecule has 0 fully saturated rings. The average Bonchev–Trinajstić information content (AvgIpc) is 2.85. The van der Waals surface area contributed by atoms with Crippen molar-refractivity contribution in [2.45, 2.75) is 32.5 Å². The number of hydrogen-bond donors (Lipinski definition) is 1. The average molecular weight is 273 g/mol. The second kappa shape index (κ2) is 7.22. The lowest BCUT2D eigenvalue weighted by molar-refractivity contribution is 0.163. The van der Waals surface area contributed by atoms with Gasteiger partial charge in [0.15, 0.2) is 0 Å². The van der Waals surface area contributed by atoms with Crippen LogP contribution in [0.1, 0.15) is 24.5 Å². The van der Waals surface area contributed by atoms with E-state index in [1.807, 2.05) is 36.0 Å². The van der Waals surface area contributed by atoms with E-state index < -0.39 is 0 Å². The van der Waals surface area contributed by atoms with Crippen molar-refractivity contribution in [3.63, 3.8) is 0 Å². The highest BCUT2D eigenvalue weighted by molar-refractivity contribution is 5.15. The first-order valence-corrected chi connectivity index (χ1v) is 7.05. The van der Waals surface area contributed by atoms with Gasteiger partial charge < -0.3 is 10.0 Å². The van der Waals surface area contributed by atoms with Gasteiger partial charge in [0.2, 0.25) is 0 Å². The summed E-state index contributed by atoms with van der Waals surface area (Å²) in [6.45, 7) is 4.38.